The van der Waals surface area contributed by atoms with Gasteiger partial charge in [0.05, 0.1) is 0 Å². The molecule has 0 amide bonds. The van der Waals surface area contributed by atoms with Crippen LogP contribution in [0.4, 0.5) is 0 Å². The Kier molecular flexibility index (Phi) is 15.6. The Balaban J connectivity index is 1.40. The Labute approximate surface area is 469 Å². The zero-order valence-corrected chi connectivity index (χ0v) is 48.2. The summed E-state index contributed by atoms with van der Waals surface area (Å²) in [7, 11) is -14.7. The first kappa shape index (κ1) is 52.0. The summed E-state index contributed by atoms with van der Waals surface area (Å²) in [5.74, 6) is 0. The summed E-state index contributed by atoms with van der Waals surface area (Å²) in [4.78, 5) is 0. The molecule has 0 radical (unpaired) electrons. The fourth-order valence-electron chi connectivity index (χ4n) is 13.4. The second-order valence-electron chi connectivity index (χ2n) is 20.5. The van der Waals surface area contributed by atoms with E-state index >= 15 is 0 Å². The average molecular weight is 1100 g/mol. The van der Waals surface area contributed by atoms with Gasteiger partial charge in [-0.25, -0.2) is 0 Å². The predicted molar refractivity (Wildman–Crippen MR) is 355 cm³/mol. The quantitative estimate of drug-likeness (QED) is 0.0778. The van der Waals surface area contributed by atoms with Crippen molar-refractivity contribution >= 4 is 92.7 Å². The summed E-state index contributed by atoms with van der Waals surface area (Å²) < 4.78 is 10.0. The molecule has 12 rings (SSSR count). The Morgan fingerprint density at radius 2 is 0.228 bits per heavy atom. The van der Waals surface area contributed by atoms with Crippen LogP contribution >= 0.6 is 29.0 Å². The molecule has 5 heteroatoms. The first-order valence-corrected chi connectivity index (χ1v) is 35.9. The van der Waals surface area contributed by atoms with Crippen molar-refractivity contribution in [2.24, 2.45) is 0 Å². The van der Waals surface area contributed by atoms with Gasteiger partial charge in [0, 0.05) is 0 Å². The zero-order chi connectivity index (χ0) is 53.2. The molecule has 1 nitrogen and oxygen atoms in total. The van der Waals surface area contributed by atoms with E-state index in [1.54, 1.807) is 0 Å². The number of ether oxygens (including phenoxy) is 1. The first-order valence-electron chi connectivity index (χ1n) is 27.6. The summed E-state index contributed by atoms with van der Waals surface area (Å²) in [5, 5.41) is 15.6. The van der Waals surface area contributed by atoms with Crippen molar-refractivity contribution < 1.29 is 4.74 Å². The molecule has 0 heterocycles. The minimum atomic E-state index is -3.68. The van der Waals surface area contributed by atoms with Crippen molar-refractivity contribution in [3.05, 3.63) is 364 Å². The standard InChI is InChI=1S/C74H66OP4/c1-13-37-61(38-14-1)76(62-39-15-2-16-40-62,63-41-17-3-18-42-63)73(77(64-43-19-4-20-44-64,65-45-21-5-22-46-65)66-47-23-6-24-48-66)75-74(78(67-49-25-7-26-50-67,68-51-27-8-28-52-68)69-53-29-9-30-54-69)79(70-55-31-10-32-56-70,71-57-33-11-34-58-71)72-59-35-12-36-60-72/h1-60,73-74,76-79H. The SMILES string of the molecule is c1ccc([PH](c2ccccc2)(c2ccccc2)C(OC([PH](c2ccccc2)(c2ccccc2)c2ccccc2)[PH](c2ccccc2)(c2ccccc2)c2ccccc2)[PH](c2ccccc2)(c2ccccc2)c2ccccc2)cc1. The Hall–Kier alpha value is -7.68. The molecule has 0 N–H and O–H groups in total. The van der Waals surface area contributed by atoms with E-state index in [2.05, 4.69) is 364 Å². The van der Waals surface area contributed by atoms with Crippen LogP contribution in [0.15, 0.2) is 364 Å². The molecule has 0 aliphatic carbocycles. The third kappa shape index (κ3) is 9.26. The minimum absolute atomic E-state index is 0.490. The molecule has 0 unspecified atom stereocenters. The van der Waals surface area contributed by atoms with Crippen LogP contribution < -0.4 is 63.7 Å². The molecule has 0 fully saturated rings. The molecule has 0 aromatic heterocycles. The maximum atomic E-state index is 10.0. The number of hydrogen-bond donors (Lipinski definition) is 0. The molecule has 0 aliphatic rings. The van der Waals surface area contributed by atoms with Crippen LogP contribution in [0.2, 0.25) is 0 Å². The normalized spacial score (nSPS) is 13.6. The maximum absolute atomic E-state index is 10.0. The molecule has 0 saturated carbocycles. The van der Waals surface area contributed by atoms with Crippen LogP contribution in [0, 0.1) is 0 Å². The molecule has 0 aliphatic heterocycles. The third-order valence-electron chi connectivity index (χ3n) is 16.6. The number of hydrogen-bond acceptors (Lipinski definition) is 1. The fraction of sp³-hybridized carbons (Fsp3) is 0.0270. The predicted octanol–water partition coefficient (Wildman–Crippen LogP) is 12.5. The Morgan fingerprint density at radius 3 is 0.316 bits per heavy atom. The van der Waals surface area contributed by atoms with Gasteiger partial charge < -0.3 is 0 Å². The zero-order valence-electron chi connectivity index (χ0n) is 44.2. The number of rotatable bonds is 18. The Morgan fingerprint density at radius 1 is 0.139 bits per heavy atom. The van der Waals surface area contributed by atoms with Crippen molar-refractivity contribution in [2.75, 3.05) is 0 Å². The van der Waals surface area contributed by atoms with Gasteiger partial charge in [-0.05, 0) is 0 Å². The van der Waals surface area contributed by atoms with Crippen molar-refractivity contribution in [1.29, 1.82) is 0 Å². The molecule has 12 aromatic carbocycles. The van der Waals surface area contributed by atoms with Gasteiger partial charge in [0.25, 0.3) is 0 Å². The molecular formula is C74H66OP4. The molecule has 388 valence electrons. The summed E-state index contributed by atoms with van der Waals surface area (Å²) in [5.41, 5.74) is -0.981. The van der Waals surface area contributed by atoms with E-state index in [9.17, 15) is 4.74 Å². The van der Waals surface area contributed by atoms with Crippen LogP contribution in [0.3, 0.4) is 0 Å². The van der Waals surface area contributed by atoms with Crippen molar-refractivity contribution in [1.82, 2.24) is 0 Å². The molecular weight excluding hydrogens is 1030 g/mol. The van der Waals surface area contributed by atoms with E-state index in [1.807, 2.05) is 0 Å². The van der Waals surface area contributed by atoms with Gasteiger partial charge in [-0.2, -0.15) is 0 Å². The van der Waals surface area contributed by atoms with Crippen LogP contribution in [0.1, 0.15) is 0 Å². The van der Waals surface area contributed by atoms with Gasteiger partial charge in [-0.3, -0.25) is 0 Å². The van der Waals surface area contributed by atoms with Crippen LogP contribution in [-0.2, 0) is 4.74 Å². The third-order valence-corrected chi connectivity index (χ3v) is 40.4. The molecule has 0 atom stereocenters. The first-order chi connectivity index (χ1) is 39.2. The van der Waals surface area contributed by atoms with Gasteiger partial charge >= 0.3 is 473 Å². The van der Waals surface area contributed by atoms with Crippen LogP contribution in [0.5, 0.6) is 0 Å². The van der Waals surface area contributed by atoms with Gasteiger partial charge in [0.15, 0.2) is 0 Å². The summed E-state index contributed by atoms with van der Waals surface area (Å²) in [6.45, 7) is 0. The van der Waals surface area contributed by atoms with Crippen LogP contribution in [-0.4, -0.2) is 11.2 Å². The summed E-state index contributed by atoms with van der Waals surface area (Å²) >= 11 is 0. The molecule has 0 saturated heterocycles. The second-order valence-corrected chi connectivity index (χ2v) is 37.2. The van der Waals surface area contributed by atoms with E-state index in [0.717, 1.165) is 0 Å². The monoisotopic (exact) mass is 1090 g/mol. The van der Waals surface area contributed by atoms with Crippen molar-refractivity contribution in [3.63, 3.8) is 0 Å². The molecule has 12 aromatic rings. The second kappa shape index (κ2) is 23.7. The van der Waals surface area contributed by atoms with E-state index < -0.39 is 40.2 Å². The number of benzene rings is 12. The van der Waals surface area contributed by atoms with E-state index in [1.165, 1.54) is 63.7 Å². The van der Waals surface area contributed by atoms with Crippen LogP contribution in [0.25, 0.3) is 0 Å². The van der Waals surface area contributed by atoms with E-state index in [0.29, 0.717) is 0 Å². The fourth-order valence-corrected chi connectivity index (χ4v) is 42.8. The molecule has 0 spiro atoms. The van der Waals surface area contributed by atoms with Gasteiger partial charge in [-0.1, -0.05) is 0 Å². The summed E-state index contributed by atoms with van der Waals surface area (Å²) in [6.07, 6.45) is 0. The van der Waals surface area contributed by atoms with Gasteiger partial charge in [0.2, 0.25) is 0 Å². The molecule has 79 heavy (non-hydrogen) atoms. The summed E-state index contributed by atoms with van der Waals surface area (Å²) in [6, 6.07) is 139. The Bertz CT molecular complexity index is 2880. The average Bonchev–Trinajstić information content (AvgIpc) is 3.69. The van der Waals surface area contributed by atoms with Crippen molar-refractivity contribution in [2.45, 2.75) is 11.2 Å². The van der Waals surface area contributed by atoms with E-state index in [-0.39, 0.29) is 0 Å². The van der Waals surface area contributed by atoms with Crippen molar-refractivity contribution in [3.8, 4) is 0 Å². The van der Waals surface area contributed by atoms with E-state index in [4.69, 9.17) is 0 Å². The molecule has 0 bridgehead atoms. The van der Waals surface area contributed by atoms with Gasteiger partial charge in [0.1, 0.15) is 0 Å². The van der Waals surface area contributed by atoms with Gasteiger partial charge in [-0.15, -0.1) is 0 Å². The topological polar surface area (TPSA) is 9.23 Å².